The van der Waals surface area contributed by atoms with Crippen LogP contribution < -0.4 is 9.47 Å². The number of aryl methyl sites for hydroxylation is 1. The number of hydrogen-bond acceptors (Lipinski definition) is 3. The molecule has 0 heterocycles. The highest BCUT2D eigenvalue weighted by Crippen LogP contribution is 2.24. The van der Waals surface area contributed by atoms with Crippen LogP contribution in [-0.2, 0) is 4.79 Å². The molecule has 2 aromatic carbocycles. The topological polar surface area (TPSA) is 55.8 Å². The minimum absolute atomic E-state index is 0.337. The summed E-state index contributed by atoms with van der Waals surface area (Å²) in [4.78, 5) is 10.6. The summed E-state index contributed by atoms with van der Waals surface area (Å²) in [7, 11) is 0. The van der Waals surface area contributed by atoms with Crippen molar-refractivity contribution in [2.75, 3.05) is 13.2 Å². The molecule has 1 N–H and O–H groups in total. The van der Waals surface area contributed by atoms with Crippen molar-refractivity contribution in [3.8, 4) is 11.5 Å². The Hall–Kier alpha value is -2.46. The highest BCUT2D eigenvalue weighted by Gasteiger charge is 2.04. The summed E-state index contributed by atoms with van der Waals surface area (Å²) in [6.45, 7) is 2.70. The lowest BCUT2D eigenvalue weighted by atomic mass is 10.2. The molecule has 0 saturated carbocycles. The van der Waals surface area contributed by atoms with Gasteiger partial charge in [-0.1, -0.05) is 29.8 Å². The van der Waals surface area contributed by atoms with Crippen molar-refractivity contribution in [3.63, 3.8) is 0 Å². The minimum atomic E-state index is -1.03. The zero-order valence-corrected chi connectivity index (χ0v) is 13.4. The number of halogens is 1. The van der Waals surface area contributed by atoms with Crippen LogP contribution in [0.25, 0.3) is 6.08 Å². The van der Waals surface area contributed by atoms with Gasteiger partial charge in [0.25, 0.3) is 0 Å². The van der Waals surface area contributed by atoms with Crippen molar-refractivity contribution in [3.05, 3.63) is 64.7 Å². The molecule has 0 aliphatic heterocycles. The molecule has 5 heteroatoms. The van der Waals surface area contributed by atoms with E-state index < -0.39 is 5.97 Å². The Morgan fingerprint density at radius 3 is 2.52 bits per heavy atom. The normalized spacial score (nSPS) is 10.7. The van der Waals surface area contributed by atoms with Crippen LogP contribution in [0.2, 0.25) is 5.02 Å². The van der Waals surface area contributed by atoms with E-state index in [0.717, 1.165) is 17.4 Å². The molecule has 23 heavy (non-hydrogen) atoms. The first-order valence-electron chi connectivity index (χ1n) is 7.08. The lowest BCUT2D eigenvalue weighted by molar-refractivity contribution is -0.131. The molecule has 0 fully saturated rings. The SMILES string of the molecule is Cc1ccccc1OCCOc1ccc(Cl)cc1C=CC(=O)O. The summed E-state index contributed by atoms with van der Waals surface area (Å²) in [5.74, 6) is 0.345. The van der Waals surface area contributed by atoms with Crippen molar-refractivity contribution in [1.82, 2.24) is 0 Å². The van der Waals surface area contributed by atoms with Crippen LogP contribution in [0.4, 0.5) is 0 Å². The van der Waals surface area contributed by atoms with E-state index in [4.69, 9.17) is 26.2 Å². The lowest BCUT2D eigenvalue weighted by Crippen LogP contribution is -2.10. The second-order valence-electron chi connectivity index (χ2n) is 4.82. The van der Waals surface area contributed by atoms with Crippen molar-refractivity contribution in [2.24, 2.45) is 0 Å². The standard InChI is InChI=1S/C18H17ClO4/c1-13-4-2-3-5-16(13)22-10-11-23-17-8-7-15(19)12-14(17)6-9-18(20)21/h2-9,12H,10-11H2,1H3,(H,20,21). The van der Waals surface area contributed by atoms with Crippen LogP contribution in [0.15, 0.2) is 48.5 Å². The predicted octanol–water partition coefficient (Wildman–Crippen LogP) is 4.20. The van der Waals surface area contributed by atoms with Crippen molar-refractivity contribution >= 4 is 23.6 Å². The zero-order chi connectivity index (χ0) is 16.7. The molecule has 0 radical (unpaired) electrons. The predicted molar refractivity (Wildman–Crippen MR) is 90.3 cm³/mol. The molecule has 0 aliphatic rings. The van der Waals surface area contributed by atoms with E-state index >= 15 is 0 Å². The number of hydrogen-bond donors (Lipinski definition) is 1. The fourth-order valence-electron chi connectivity index (χ4n) is 1.96. The van der Waals surface area contributed by atoms with E-state index in [9.17, 15) is 4.79 Å². The van der Waals surface area contributed by atoms with Gasteiger partial charge in [0.05, 0.1) is 0 Å². The molecule has 120 valence electrons. The van der Waals surface area contributed by atoms with Crippen molar-refractivity contribution in [2.45, 2.75) is 6.92 Å². The third-order valence-electron chi connectivity index (χ3n) is 3.07. The van der Waals surface area contributed by atoms with Gasteiger partial charge in [0.15, 0.2) is 0 Å². The van der Waals surface area contributed by atoms with Gasteiger partial charge in [-0.05, 0) is 42.8 Å². The zero-order valence-electron chi connectivity index (χ0n) is 12.7. The molecule has 2 rings (SSSR count). The molecule has 0 bridgehead atoms. The summed E-state index contributed by atoms with van der Waals surface area (Å²) in [5, 5.41) is 9.23. The van der Waals surface area contributed by atoms with Crippen molar-refractivity contribution < 1.29 is 19.4 Å². The maximum atomic E-state index is 10.6. The Morgan fingerprint density at radius 2 is 1.83 bits per heavy atom. The number of carbonyl (C=O) groups is 1. The highest BCUT2D eigenvalue weighted by atomic mass is 35.5. The van der Waals surface area contributed by atoms with Gasteiger partial charge in [-0.25, -0.2) is 4.79 Å². The van der Waals surface area contributed by atoms with Gasteiger partial charge < -0.3 is 14.6 Å². The summed E-state index contributed by atoms with van der Waals surface area (Å²) >= 11 is 5.93. The molecule has 0 spiro atoms. The third-order valence-corrected chi connectivity index (χ3v) is 3.30. The van der Waals surface area contributed by atoms with Gasteiger partial charge in [-0.3, -0.25) is 0 Å². The Bertz CT molecular complexity index is 710. The molecular weight excluding hydrogens is 316 g/mol. The molecule has 0 unspecified atom stereocenters. The van der Waals surface area contributed by atoms with Crippen LogP contribution in [-0.4, -0.2) is 24.3 Å². The summed E-state index contributed by atoms with van der Waals surface area (Å²) in [5.41, 5.74) is 1.67. The van der Waals surface area contributed by atoms with Crippen LogP contribution in [0.3, 0.4) is 0 Å². The van der Waals surface area contributed by atoms with Gasteiger partial charge >= 0.3 is 5.97 Å². The van der Waals surface area contributed by atoms with E-state index in [0.29, 0.717) is 29.5 Å². The Kier molecular flexibility index (Phi) is 6.06. The highest BCUT2D eigenvalue weighted by molar-refractivity contribution is 6.30. The van der Waals surface area contributed by atoms with Crippen LogP contribution in [0.1, 0.15) is 11.1 Å². The molecule has 0 aliphatic carbocycles. The molecular formula is C18H17ClO4. The lowest BCUT2D eigenvalue weighted by Gasteiger charge is -2.12. The molecule has 0 aromatic heterocycles. The molecule has 0 amide bonds. The Balaban J connectivity index is 1.95. The number of rotatable bonds is 7. The summed E-state index contributed by atoms with van der Waals surface area (Å²) in [6, 6.07) is 12.8. The molecule has 2 aromatic rings. The van der Waals surface area contributed by atoms with E-state index in [-0.39, 0.29) is 0 Å². The number of carboxylic acid groups (broad SMARTS) is 1. The molecule has 0 atom stereocenters. The minimum Gasteiger partial charge on any atom is -0.490 e. The second-order valence-corrected chi connectivity index (χ2v) is 5.25. The van der Waals surface area contributed by atoms with Gasteiger partial charge in [0.1, 0.15) is 24.7 Å². The van der Waals surface area contributed by atoms with Gasteiger partial charge in [-0.2, -0.15) is 0 Å². The van der Waals surface area contributed by atoms with Crippen molar-refractivity contribution in [1.29, 1.82) is 0 Å². The third kappa shape index (κ3) is 5.34. The largest absolute Gasteiger partial charge is 0.490 e. The van der Waals surface area contributed by atoms with E-state index in [2.05, 4.69) is 0 Å². The average Bonchev–Trinajstić information content (AvgIpc) is 2.52. The monoisotopic (exact) mass is 332 g/mol. The fraction of sp³-hybridized carbons (Fsp3) is 0.167. The van der Waals surface area contributed by atoms with E-state index in [1.807, 2.05) is 31.2 Å². The van der Waals surface area contributed by atoms with Crippen LogP contribution in [0.5, 0.6) is 11.5 Å². The maximum Gasteiger partial charge on any atom is 0.328 e. The summed E-state index contributed by atoms with van der Waals surface area (Å²) in [6.07, 6.45) is 2.49. The molecule has 0 saturated heterocycles. The van der Waals surface area contributed by atoms with Crippen LogP contribution >= 0.6 is 11.6 Å². The quantitative estimate of drug-likeness (QED) is 0.609. The number of carboxylic acids is 1. The summed E-state index contributed by atoms with van der Waals surface area (Å²) < 4.78 is 11.3. The number of para-hydroxylation sites is 1. The van der Waals surface area contributed by atoms with Crippen LogP contribution in [0, 0.1) is 6.92 Å². The number of aliphatic carboxylic acids is 1. The Labute approximate surface area is 139 Å². The van der Waals surface area contributed by atoms with E-state index in [1.165, 1.54) is 6.08 Å². The van der Waals surface area contributed by atoms with E-state index in [1.54, 1.807) is 18.2 Å². The van der Waals surface area contributed by atoms with Gasteiger partial charge in [0, 0.05) is 16.7 Å². The smallest absolute Gasteiger partial charge is 0.328 e. The number of benzene rings is 2. The second kappa shape index (κ2) is 8.25. The Morgan fingerprint density at radius 1 is 1.13 bits per heavy atom. The first kappa shape index (κ1) is 16.9. The first-order valence-corrected chi connectivity index (χ1v) is 7.46. The average molecular weight is 333 g/mol. The first-order chi connectivity index (χ1) is 11.1. The number of ether oxygens (including phenoxy) is 2. The van der Waals surface area contributed by atoms with Gasteiger partial charge in [-0.15, -0.1) is 0 Å². The molecule has 4 nitrogen and oxygen atoms in total. The fourth-order valence-corrected chi connectivity index (χ4v) is 2.14. The maximum absolute atomic E-state index is 10.6. The van der Waals surface area contributed by atoms with Gasteiger partial charge in [0.2, 0.25) is 0 Å².